The van der Waals surface area contributed by atoms with Gasteiger partial charge in [-0.2, -0.15) is 0 Å². The van der Waals surface area contributed by atoms with Crippen LogP contribution >= 0.6 is 11.8 Å². The number of anilines is 1. The number of thioether (sulfide) groups is 1. The topological polar surface area (TPSA) is 85.4 Å². The second kappa shape index (κ2) is 6.53. The smallest absolute Gasteiger partial charge is 0.280 e. The first-order valence-electron chi connectivity index (χ1n) is 7.75. The van der Waals surface area contributed by atoms with Crippen molar-refractivity contribution in [1.29, 1.82) is 0 Å². The van der Waals surface area contributed by atoms with Crippen LogP contribution in [0.25, 0.3) is 17.4 Å². The molecule has 3 aromatic rings. The predicted molar refractivity (Wildman–Crippen MR) is 99.7 cm³/mol. The molecular weight excluding hydrogens is 352 g/mol. The molecule has 0 saturated heterocycles. The van der Waals surface area contributed by atoms with Gasteiger partial charge in [-0.05, 0) is 30.3 Å². The Balaban J connectivity index is 1.67. The van der Waals surface area contributed by atoms with Crippen LogP contribution in [0.3, 0.4) is 0 Å². The molecule has 0 saturated carbocycles. The highest BCUT2D eigenvalue weighted by Crippen LogP contribution is 2.39. The number of benzene rings is 2. The molecule has 0 bridgehead atoms. The van der Waals surface area contributed by atoms with E-state index >= 15 is 0 Å². The summed E-state index contributed by atoms with van der Waals surface area (Å²) >= 11 is 1.35. The monoisotopic (exact) mass is 364 g/mol. The zero-order valence-corrected chi connectivity index (χ0v) is 14.2. The molecule has 1 aliphatic heterocycles. The summed E-state index contributed by atoms with van der Waals surface area (Å²) in [7, 11) is 0. The molecule has 6 nitrogen and oxygen atoms in total. The highest BCUT2D eigenvalue weighted by molar-refractivity contribution is 8.04. The minimum Gasteiger partial charge on any atom is -0.456 e. The van der Waals surface area contributed by atoms with Gasteiger partial charge < -0.3 is 9.73 Å². The fourth-order valence-corrected chi connectivity index (χ4v) is 3.58. The second-order valence-corrected chi connectivity index (χ2v) is 6.62. The van der Waals surface area contributed by atoms with Gasteiger partial charge in [-0.3, -0.25) is 14.9 Å². The summed E-state index contributed by atoms with van der Waals surface area (Å²) in [6, 6.07) is 17.3. The van der Waals surface area contributed by atoms with Gasteiger partial charge in [-0.25, -0.2) is 0 Å². The van der Waals surface area contributed by atoms with Crippen LogP contribution in [0.1, 0.15) is 5.76 Å². The molecule has 2 aromatic carbocycles. The van der Waals surface area contributed by atoms with E-state index in [9.17, 15) is 14.9 Å². The van der Waals surface area contributed by atoms with Crippen molar-refractivity contribution in [2.75, 3.05) is 5.32 Å². The third kappa shape index (κ3) is 3.00. The van der Waals surface area contributed by atoms with Crippen molar-refractivity contribution in [3.63, 3.8) is 0 Å². The van der Waals surface area contributed by atoms with E-state index in [1.165, 1.54) is 17.8 Å². The number of hydrogen-bond donors (Lipinski definition) is 1. The van der Waals surface area contributed by atoms with Crippen LogP contribution in [-0.2, 0) is 4.79 Å². The van der Waals surface area contributed by atoms with Gasteiger partial charge in [0.25, 0.3) is 11.6 Å². The first-order chi connectivity index (χ1) is 12.6. The zero-order valence-electron chi connectivity index (χ0n) is 13.3. The number of nitro groups is 1. The van der Waals surface area contributed by atoms with E-state index in [1.807, 2.05) is 24.3 Å². The Bertz CT molecular complexity index is 1050. The zero-order chi connectivity index (χ0) is 18.1. The second-order valence-electron chi connectivity index (χ2n) is 5.54. The molecule has 0 aliphatic carbocycles. The summed E-state index contributed by atoms with van der Waals surface area (Å²) in [5.41, 5.74) is 1.15. The van der Waals surface area contributed by atoms with Gasteiger partial charge in [-0.1, -0.05) is 36.0 Å². The Kier molecular flexibility index (Phi) is 4.06. The van der Waals surface area contributed by atoms with Gasteiger partial charge in [0.2, 0.25) is 0 Å². The van der Waals surface area contributed by atoms with Crippen molar-refractivity contribution in [2.24, 2.45) is 0 Å². The summed E-state index contributed by atoms with van der Waals surface area (Å²) in [6.45, 7) is 0. The molecule has 26 heavy (non-hydrogen) atoms. The molecular formula is C19H12N2O4S. The number of nitrogens with one attached hydrogen (secondary N) is 1. The predicted octanol–water partition coefficient (Wildman–Crippen LogP) is 4.94. The molecule has 1 aromatic heterocycles. The van der Waals surface area contributed by atoms with Crippen molar-refractivity contribution in [3.8, 4) is 11.3 Å². The third-order valence-corrected chi connectivity index (χ3v) is 4.94. The van der Waals surface area contributed by atoms with E-state index in [0.29, 0.717) is 22.0 Å². The molecule has 0 atom stereocenters. The van der Waals surface area contributed by atoms with E-state index in [0.717, 1.165) is 10.6 Å². The van der Waals surface area contributed by atoms with Crippen LogP contribution in [-0.4, -0.2) is 10.8 Å². The van der Waals surface area contributed by atoms with Crippen LogP contribution in [0.4, 0.5) is 11.4 Å². The standard InChI is InChI=1S/C19H12N2O4S/c22-19-18(26-17-8-4-2-6-14(17)20-19)11-12-9-10-16(25-12)13-5-1-3-7-15(13)21(23)24/h1-11H,(H,20,22)/b18-11+. The van der Waals surface area contributed by atoms with Crippen LogP contribution in [0.5, 0.6) is 0 Å². The SMILES string of the molecule is O=C1Nc2ccccc2S/C1=C/c1ccc(-c2ccccc2[N+](=O)[O-])o1. The van der Waals surface area contributed by atoms with Crippen LogP contribution in [0, 0.1) is 10.1 Å². The number of rotatable bonds is 3. The van der Waals surface area contributed by atoms with Crippen molar-refractivity contribution in [2.45, 2.75) is 4.90 Å². The fraction of sp³-hybridized carbons (Fsp3) is 0. The lowest BCUT2D eigenvalue weighted by atomic mass is 10.1. The summed E-state index contributed by atoms with van der Waals surface area (Å²) in [6.07, 6.45) is 1.63. The van der Waals surface area contributed by atoms with E-state index in [1.54, 1.807) is 36.4 Å². The van der Waals surface area contributed by atoms with Crippen LogP contribution in [0.2, 0.25) is 0 Å². The van der Waals surface area contributed by atoms with Gasteiger partial charge in [0.15, 0.2) is 0 Å². The summed E-state index contributed by atoms with van der Waals surface area (Å²) in [5, 5.41) is 14.0. The molecule has 7 heteroatoms. The Morgan fingerprint density at radius 1 is 1.04 bits per heavy atom. The average Bonchev–Trinajstić information content (AvgIpc) is 3.11. The number of amides is 1. The highest BCUT2D eigenvalue weighted by Gasteiger charge is 2.22. The Hall–Kier alpha value is -3.32. The van der Waals surface area contributed by atoms with Crippen molar-refractivity contribution in [3.05, 3.63) is 81.4 Å². The van der Waals surface area contributed by atoms with Gasteiger partial charge in [-0.15, -0.1) is 0 Å². The largest absolute Gasteiger partial charge is 0.456 e. The molecule has 2 heterocycles. The molecule has 0 spiro atoms. The normalized spacial score (nSPS) is 14.8. The van der Waals surface area contributed by atoms with Gasteiger partial charge in [0.1, 0.15) is 11.5 Å². The van der Waals surface area contributed by atoms with E-state index < -0.39 is 4.92 Å². The molecule has 0 radical (unpaired) electrons. The summed E-state index contributed by atoms with van der Waals surface area (Å²) in [5.74, 6) is 0.623. The Morgan fingerprint density at radius 3 is 2.65 bits per heavy atom. The van der Waals surface area contributed by atoms with Gasteiger partial charge in [0.05, 0.1) is 21.1 Å². The maximum atomic E-state index is 12.3. The van der Waals surface area contributed by atoms with Crippen molar-refractivity contribution in [1.82, 2.24) is 0 Å². The third-order valence-electron chi connectivity index (χ3n) is 3.85. The fourth-order valence-electron chi connectivity index (χ4n) is 2.65. The van der Waals surface area contributed by atoms with Gasteiger partial charge in [0, 0.05) is 17.0 Å². The number of carbonyl (C=O) groups is 1. The number of carbonyl (C=O) groups excluding carboxylic acids is 1. The minimum atomic E-state index is -0.447. The molecule has 0 unspecified atom stereocenters. The molecule has 4 rings (SSSR count). The molecule has 128 valence electrons. The Morgan fingerprint density at radius 2 is 1.81 bits per heavy atom. The number of fused-ring (bicyclic) bond motifs is 1. The van der Waals surface area contributed by atoms with Crippen molar-refractivity contribution >= 4 is 35.1 Å². The maximum Gasteiger partial charge on any atom is 0.280 e. The van der Waals surface area contributed by atoms with E-state index in [-0.39, 0.29) is 11.6 Å². The minimum absolute atomic E-state index is 0.0280. The average molecular weight is 364 g/mol. The Labute approximate surface area is 152 Å². The lowest BCUT2D eigenvalue weighted by Gasteiger charge is -2.17. The first kappa shape index (κ1) is 16.2. The highest BCUT2D eigenvalue weighted by atomic mass is 32.2. The number of nitro benzene ring substituents is 1. The molecule has 1 N–H and O–H groups in total. The number of para-hydroxylation sites is 2. The maximum absolute atomic E-state index is 12.3. The lowest BCUT2D eigenvalue weighted by Crippen LogP contribution is -2.16. The lowest BCUT2D eigenvalue weighted by molar-refractivity contribution is -0.384. The molecule has 1 amide bonds. The summed E-state index contributed by atoms with van der Waals surface area (Å²) < 4.78 is 5.73. The van der Waals surface area contributed by atoms with E-state index in [4.69, 9.17) is 4.42 Å². The van der Waals surface area contributed by atoms with Gasteiger partial charge >= 0.3 is 0 Å². The van der Waals surface area contributed by atoms with Crippen LogP contribution < -0.4 is 5.32 Å². The quantitative estimate of drug-likeness (QED) is 0.404. The van der Waals surface area contributed by atoms with Crippen molar-refractivity contribution < 1.29 is 14.1 Å². The first-order valence-corrected chi connectivity index (χ1v) is 8.57. The summed E-state index contributed by atoms with van der Waals surface area (Å²) in [4.78, 5) is 24.4. The van der Waals surface area contributed by atoms with E-state index in [2.05, 4.69) is 5.32 Å². The molecule has 0 fully saturated rings. The number of nitrogens with zero attached hydrogens (tertiary/aromatic N) is 1. The number of furan rings is 1. The van der Waals surface area contributed by atoms with Crippen LogP contribution in [0.15, 0.2) is 74.9 Å². The number of hydrogen-bond acceptors (Lipinski definition) is 5. The molecule has 1 aliphatic rings.